The summed E-state index contributed by atoms with van der Waals surface area (Å²) in [5, 5.41) is 14.4. The monoisotopic (exact) mass is 495 g/mol. The van der Waals surface area contributed by atoms with Crippen LogP contribution >= 0.6 is 22.9 Å². The molecule has 1 aromatic heterocycles. The summed E-state index contributed by atoms with van der Waals surface area (Å²) < 4.78 is 33.1. The second-order valence-electron chi connectivity index (χ2n) is 7.81. The van der Waals surface area contributed by atoms with E-state index < -0.39 is 40.6 Å². The highest BCUT2D eigenvalue weighted by atomic mass is 35.5. The number of aliphatic imine (C=N–C) groups is 1. The first-order valence-corrected chi connectivity index (χ1v) is 11.5. The molecule has 1 fully saturated rings. The highest BCUT2D eigenvalue weighted by Crippen LogP contribution is 2.42. The van der Waals surface area contributed by atoms with Gasteiger partial charge in [0.05, 0.1) is 23.6 Å². The molecular weight excluding hydrogens is 476 g/mol. The van der Waals surface area contributed by atoms with E-state index in [4.69, 9.17) is 16.3 Å². The number of thiazole rings is 1. The van der Waals surface area contributed by atoms with E-state index in [-0.39, 0.29) is 17.1 Å². The van der Waals surface area contributed by atoms with Crippen LogP contribution in [0.15, 0.2) is 40.0 Å². The summed E-state index contributed by atoms with van der Waals surface area (Å²) in [7, 11) is 1.22. The molecule has 2 heterocycles. The number of aliphatic carboxylic acids is 1. The number of carboxylic acid groups (broad SMARTS) is 1. The van der Waals surface area contributed by atoms with E-state index in [9.17, 15) is 23.5 Å². The van der Waals surface area contributed by atoms with Gasteiger partial charge in [0.15, 0.2) is 22.5 Å². The molecule has 2 N–H and O–H groups in total. The van der Waals surface area contributed by atoms with Gasteiger partial charge in [0.1, 0.15) is 6.04 Å². The van der Waals surface area contributed by atoms with Crippen molar-refractivity contribution in [2.75, 3.05) is 7.11 Å². The second kappa shape index (κ2) is 9.56. The summed E-state index contributed by atoms with van der Waals surface area (Å²) in [4.78, 5) is 33.2. The van der Waals surface area contributed by atoms with Crippen molar-refractivity contribution in [1.29, 1.82) is 0 Å². The van der Waals surface area contributed by atoms with Gasteiger partial charge in [-0.1, -0.05) is 17.7 Å². The number of hydrogen-bond donors (Lipinski definition) is 2. The number of carbonyl (C=O) groups excluding carboxylic acids is 1. The maximum absolute atomic E-state index is 14.3. The fraction of sp³-hybridized carbons (Fsp3) is 0.364. The predicted octanol–water partition coefficient (Wildman–Crippen LogP) is 4.48. The smallest absolute Gasteiger partial charge is 0.338 e. The summed E-state index contributed by atoms with van der Waals surface area (Å²) >= 11 is 7.46. The van der Waals surface area contributed by atoms with Crippen LogP contribution in [-0.4, -0.2) is 35.0 Å². The van der Waals surface area contributed by atoms with Crippen molar-refractivity contribution in [1.82, 2.24) is 10.3 Å². The minimum Gasteiger partial charge on any atom is -0.481 e. The summed E-state index contributed by atoms with van der Waals surface area (Å²) in [6, 6.07) is 1.16. The highest BCUT2D eigenvalue weighted by Gasteiger charge is 2.38. The number of halogens is 3. The van der Waals surface area contributed by atoms with E-state index in [2.05, 4.69) is 15.3 Å². The molecule has 1 aliphatic heterocycles. The number of hydrogen-bond acceptors (Lipinski definition) is 7. The van der Waals surface area contributed by atoms with Crippen molar-refractivity contribution in [2.45, 2.75) is 31.7 Å². The molecule has 174 valence electrons. The lowest BCUT2D eigenvalue weighted by atomic mass is 9.78. The Morgan fingerprint density at radius 2 is 1.97 bits per heavy atom. The lowest BCUT2D eigenvalue weighted by Crippen LogP contribution is -2.38. The Bertz CT molecular complexity index is 1140. The Balaban J connectivity index is 1.85. The number of benzene rings is 1. The second-order valence-corrected chi connectivity index (χ2v) is 9.09. The molecule has 33 heavy (non-hydrogen) atoms. The van der Waals surface area contributed by atoms with Crippen molar-refractivity contribution in [2.24, 2.45) is 16.8 Å². The van der Waals surface area contributed by atoms with E-state index in [1.807, 2.05) is 0 Å². The standard InChI is InChI=1S/C22H20ClF2N3O4S/c1-32-22(31)14-17(10-2-4-11(5-3-10)21(29)30)27-19(20-26-8-9-33-20)28-18(14)12-6-7-13(24)16(25)15(12)23/h6-11,18H,2-5H2,1H3,(H,27,28)(H,29,30)/t10?,11?,18-/m0/s1. The average molecular weight is 496 g/mol. The number of carboxylic acids is 1. The molecule has 2 aliphatic rings. The normalized spacial score (nSPS) is 23.0. The van der Waals surface area contributed by atoms with Crippen molar-refractivity contribution < 1.29 is 28.2 Å². The van der Waals surface area contributed by atoms with Crippen molar-refractivity contribution >= 4 is 40.7 Å². The summed E-state index contributed by atoms with van der Waals surface area (Å²) in [6.07, 6.45) is 3.52. The van der Waals surface area contributed by atoms with Crippen LogP contribution in [0, 0.1) is 23.5 Å². The molecule has 0 bridgehead atoms. The van der Waals surface area contributed by atoms with Gasteiger partial charge in [0.25, 0.3) is 0 Å². The first-order valence-electron chi connectivity index (χ1n) is 10.2. The molecule has 0 amide bonds. The lowest BCUT2D eigenvalue weighted by Gasteiger charge is -2.34. The quantitative estimate of drug-likeness (QED) is 0.468. The van der Waals surface area contributed by atoms with Crippen LogP contribution in [0.5, 0.6) is 0 Å². The molecule has 2 aromatic rings. The highest BCUT2D eigenvalue weighted by molar-refractivity contribution is 7.11. The third kappa shape index (κ3) is 4.49. The first kappa shape index (κ1) is 23.3. The molecule has 7 nitrogen and oxygen atoms in total. The Morgan fingerprint density at radius 1 is 1.24 bits per heavy atom. The summed E-state index contributed by atoms with van der Waals surface area (Å²) in [6.45, 7) is 0. The molecule has 1 saturated carbocycles. The number of amidine groups is 1. The van der Waals surface area contributed by atoms with Gasteiger partial charge in [-0.3, -0.25) is 9.79 Å². The molecule has 4 rings (SSSR count). The van der Waals surface area contributed by atoms with Crippen molar-refractivity contribution in [3.8, 4) is 0 Å². The fourth-order valence-corrected chi connectivity index (χ4v) is 5.12. The van der Waals surface area contributed by atoms with Gasteiger partial charge in [-0.05, 0) is 37.7 Å². The SMILES string of the molecule is COC(=O)C1=C(C2CCC(C(=O)O)CC2)NC(c2nccs2)=N[C@H]1c1ccc(F)c(F)c1Cl. The van der Waals surface area contributed by atoms with E-state index in [1.54, 1.807) is 11.6 Å². The largest absolute Gasteiger partial charge is 0.481 e. The number of aromatic nitrogens is 1. The predicted molar refractivity (Wildman–Crippen MR) is 118 cm³/mol. The van der Waals surface area contributed by atoms with Crippen molar-refractivity contribution in [3.63, 3.8) is 0 Å². The van der Waals surface area contributed by atoms with Crippen LogP contribution < -0.4 is 5.32 Å². The molecule has 0 unspecified atom stereocenters. The molecule has 0 spiro atoms. The van der Waals surface area contributed by atoms with E-state index in [1.165, 1.54) is 24.5 Å². The first-order chi connectivity index (χ1) is 15.8. The molecule has 1 aromatic carbocycles. The third-order valence-electron chi connectivity index (χ3n) is 5.96. The van der Waals surface area contributed by atoms with Crippen LogP contribution in [0.25, 0.3) is 0 Å². The number of ether oxygens (including phenoxy) is 1. The number of allylic oxidation sites excluding steroid dienone is 1. The van der Waals surface area contributed by atoms with Gasteiger partial charge in [0.2, 0.25) is 0 Å². The molecule has 11 heteroatoms. The van der Waals surface area contributed by atoms with E-state index >= 15 is 0 Å². The number of rotatable bonds is 5. The third-order valence-corrected chi connectivity index (χ3v) is 7.12. The fourth-order valence-electron chi connectivity index (χ4n) is 4.28. The van der Waals surface area contributed by atoms with Crippen molar-refractivity contribution in [3.05, 3.63) is 62.2 Å². The van der Waals surface area contributed by atoms with Crippen LogP contribution in [0.3, 0.4) is 0 Å². The number of nitrogens with zero attached hydrogens (tertiary/aromatic N) is 2. The summed E-state index contributed by atoms with van der Waals surface area (Å²) in [5.74, 6) is -4.15. The topological polar surface area (TPSA) is 101 Å². The van der Waals surface area contributed by atoms with Gasteiger partial charge < -0.3 is 15.2 Å². The van der Waals surface area contributed by atoms with Crippen LogP contribution in [0.2, 0.25) is 5.02 Å². The number of methoxy groups -OCH3 is 1. The summed E-state index contributed by atoms with van der Waals surface area (Å²) in [5.41, 5.74) is 0.754. The zero-order valence-corrected chi connectivity index (χ0v) is 19.1. The van der Waals surface area contributed by atoms with Crippen LogP contribution in [-0.2, 0) is 14.3 Å². The maximum Gasteiger partial charge on any atom is 0.338 e. The van der Waals surface area contributed by atoms with Gasteiger partial charge in [-0.2, -0.15) is 0 Å². The molecule has 0 saturated heterocycles. The Labute approximate surface area is 197 Å². The average Bonchev–Trinajstić information content (AvgIpc) is 3.36. The molecule has 1 atom stereocenters. The Morgan fingerprint density at radius 3 is 2.58 bits per heavy atom. The molecule has 1 aliphatic carbocycles. The Kier molecular flexibility index (Phi) is 6.76. The van der Waals surface area contributed by atoms with E-state index in [0.717, 1.165) is 6.07 Å². The zero-order valence-electron chi connectivity index (χ0n) is 17.5. The molecule has 0 radical (unpaired) electrons. The number of carbonyl (C=O) groups is 2. The van der Waals surface area contributed by atoms with E-state index in [0.29, 0.717) is 42.2 Å². The van der Waals surface area contributed by atoms with Gasteiger partial charge >= 0.3 is 11.9 Å². The number of esters is 1. The minimum absolute atomic E-state index is 0.114. The number of nitrogens with one attached hydrogen (secondary N) is 1. The van der Waals surface area contributed by atoms with Crippen LogP contribution in [0.1, 0.15) is 42.3 Å². The zero-order chi connectivity index (χ0) is 23.7. The van der Waals surface area contributed by atoms with Gasteiger partial charge in [-0.15, -0.1) is 11.3 Å². The lowest BCUT2D eigenvalue weighted by molar-refractivity contribution is -0.143. The van der Waals surface area contributed by atoms with Gasteiger partial charge in [0, 0.05) is 22.8 Å². The molecular formula is C22H20ClF2N3O4S. The Hall–Kier alpha value is -2.85. The maximum atomic E-state index is 14.3. The minimum atomic E-state index is -1.23. The van der Waals surface area contributed by atoms with Crippen LogP contribution in [0.4, 0.5) is 8.78 Å². The van der Waals surface area contributed by atoms with Gasteiger partial charge in [-0.25, -0.2) is 18.6 Å².